The highest BCUT2D eigenvalue weighted by Gasteiger charge is 2.37. The zero-order valence-electron chi connectivity index (χ0n) is 11.0. The van der Waals surface area contributed by atoms with Crippen molar-refractivity contribution in [2.75, 3.05) is 0 Å². The van der Waals surface area contributed by atoms with E-state index in [0.29, 0.717) is 12.6 Å². The summed E-state index contributed by atoms with van der Waals surface area (Å²) in [6, 6.07) is 8.37. The molecule has 100 valence electrons. The number of primary amides is 1. The molecule has 5 nitrogen and oxygen atoms in total. The minimum absolute atomic E-state index is 0.334. The van der Waals surface area contributed by atoms with Crippen LogP contribution in [0.4, 0.5) is 0 Å². The average Bonchev–Trinajstić information content (AvgIpc) is 3.10. The number of hydrogen-bond acceptors (Lipinski definition) is 3. The molecule has 1 saturated carbocycles. The molecule has 1 heterocycles. The predicted octanol–water partition coefficient (Wildman–Crippen LogP) is 1.03. The van der Waals surface area contributed by atoms with Gasteiger partial charge >= 0.3 is 0 Å². The highest BCUT2D eigenvalue weighted by Crippen LogP contribution is 2.24. The first-order chi connectivity index (χ1) is 9.08. The molecule has 1 atom stereocenters. The van der Waals surface area contributed by atoms with Crippen LogP contribution in [0, 0.1) is 0 Å². The van der Waals surface area contributed by atoms with Gasteiger partial charge in [0.2, 0.25) is 5.91 Å². The Kier molecular flexibility index (Phi) is 2.78. The highest BCUT2D eigenvalue weighted by atomic mass is 16.1. The summed E-state index contributed by atoms with van der Waals surface area (Å²) in [5.41, 5.74) is 5.83. The van der Waals surface area contributed by atoms with Crippen molar-refractivity contribution in [3.05, 3.63) is 30.5 Å². The van der Waals surface area contributed by atoms with Crippen LogP contribution in [-0.2, 0) is 11.3 Å². The summed E-state index contributed by atoms with van der Waals surface area (Å²) in [7, 11) is 0. The van der Waals surface area contributed by atoms with Crippen molar-refractivity contribution in [2.24, 2.45) is 5.73 Å². The van der Waals surface area contributed by atoms with Crippen molar-refractivity contribution in [3.63, 3.8) is 0 Å². The van der Waals surface area contributed by atoms with Gasteiger partial charge in [-0.15, -0.1) is 0 Å². The van der Waals surface area contributed by atoms with Gasteiger partial charge in [0.15, 0.2) is 0 Å². The third-order valence-electron chi connectivity index (χ3n) is 3.66. The number of para-hydroxylation sites is 1. The van der Waals surface area contributed by atoms with E-state index in [1.807, 2.05) is 42.1 Å². The fourth-order valence-electron chi connectivity index (χ4n) is 2.32. The van der Waals surface area contributed by atoms with Crippen LogP contribution < -0.4 is 11.1 Å². The number of nitrogens with one attached hydrogen (secondary N) is 1. The standard InChI is InChI=1S/C14H18N4O/c1-14(13(15)19,17-11-6-7-11)9-18-12-5-3-2-4-10(12)8-16-18/h2-5,8,11,17H,6-7,9H2,1H3,(H2,15,19). The summed E-state index contributed by atoms with van der Waals surface area (Å²) in [6.07, 6.45) is 4.04. The molecule has 5 heteroatoms. The van der Waals surface area contributed by atoms with Crippen molar-refractivity contribution in [1.29, 1.82) is 0 Å². The topological polar surface area (TPSA) is 72.9 Å². The zero-order chi connectivity index (χ0) is 13.5. The molecule has 1 fully saturated rings. The number of amides is 1. The number of hydrogen-bond donors (Lipinski definition) is 2. The van der Waals surface area contributed by atoms with Gasteiger partial charge < -0.3 is 5.73 Å². The largest absolute Gasteiger partial charge is 0.368 e. The van der Waals surface area contributed by atoms with Crippen LogP contribution in [0.25, 0.3) is 10.9 Å². The fourth-order valence-corrected chi connectivity index (χ4v) is 2.32. The van der Waals surface area contributed by atoms with Gasteiger partial charge in [-0.25, -0.2) is 0 Å². The number of nitrogens with two attached hydrogens (primary N) is 1. The summed E-state index contributed by atoms with van der Waals surface area (Å²) in [6.45, 7) is 2.30. The van der Waals surface area contributed by atoms with E-state index >= 15 is 0 Å². The molecule has 1 unspecified atom stereocenters. The van der Waals surface area contributed by atoms with Crippen molar-refractivity contribution in [3.8, 4) is 0 Å². The van der Waals surface area contributed by atoms with E-state index < -0.39 is 5.54 Å². The van der Waals surface area contributed by atoms with Crippen molar-refractivity contribution < 1.29 is 4.79 Å². The van der Waals surface area contributed by atoms with Gasteiger partial charge in [0.1, 0.15) is 5.54 Å². The quantitative estimate of drug-likeness (QED) is 0.841. The minimum atomic E-state index is -0.754. The molecule has 0 bridgehead atoms. The normalized spacial score (nSPS) is 18.4. The van der Waals surface area contributed by atoms with Crippen LogP contribution in [0.3, 0.4) is 0 Å². The van der Waals surface area contributed by atoms with Crippen LogP contribution >= 0.6 is 0 Å². The van der Waals surface area contributed by atoms with Crippen LogP contribution in [0.2, 0.25) is 0 Å². The molecule has 0 aliphatic heterocycles. The van der Waals surface area contributed by atoms with Gasteiger partial charge in [-0.05, 0) is 25.8 Å². The van der Waals surface area contributed by atoms with Crippen molar-refractivity contribution in [1.82, 2.24) is 15.1 Å². The van der Waals surface area contributed by atoms with Crippen LogP contribution in [0.5, 0.6) is 0 Å². The molecule has 1 aromatic heterocycles. The van der Waals surface area contributed by atoms with Crippen LogP contribution in [0.15, 0.2) is 30.5 Å². The average molecular weight is 258 g/mol. The molecule has 2 aromatic rings. The van der Waals surface area contributed by atoms with Crippen LogP contribution in [0.1, 0.15) is 19.8 Å². The molecule has 0 saturated heterocycles. The maximum absolute atomic E-state index is 11.8. The molecular weight excluding hydrogens is 240 g/mol. The Morgan fingerprint density at radius 1 is 1.53 bits per heavy atom. The molecule has 1 aliphatic rings. The monoisotopic (exact) mass is 258 g/mol. The van der Waals surface area contributed by atoms with E-state index in [1.54, 1.807) is 0 Å². The van der Waals surface area contributed by atoms with Crippen molar-refractivity contribution in [2.45, 2.75) is 37.9 Å². The first-order valence-electron chi connectivity index (χ1n) is 6.57. The Bertz CT molecular complexity index is 617. The number of carbonyl (C=O) groups excluding carboxylic acids is 1. The summed E-state index contributed by atoms with van der Waals surface area (Å²) in [5.74, 6) is -0.334. The first kappa shape index (κ1) is 12.2. The van der Waals surface area contributed by atoms with E-state index in [2.05, 4.69) is 10.4 Å². The van der Waals surface area contributed by atoms with E-state index in [-0.39, 0.29) is 5.91 Å². The first-order valence-corrected chi connectivity index (χ1v) is 6.57. The second-order valence-corrected chi connectivity index (χ2v) is 5.48. The Morgan fingerprint density at radius 3 is 2.95 bits per heavy atom. The molecule has 1 amide bonds. The smallest absolute Gasteiger partial charge is 0.239 e. The Hall–Kier alpha value is -1.88. The number of fused-ring (bicyclic) bond motifs is 1. The summed E-state index contributed by atoms with van der Waals surface area (Å²) >= 11 is 0. The maximum Gasteiger partial charge on any atom is 0.239 e. The van der Waals surface area contributed by atoms with E-state index in [4.69, 9.17) is 5.73 Å². The maximum atomic E-state index is 11.8. The number of rotatable bonds is 5. The summed E-state index contributed by atoms with van der Waals surface area (Å²) in [4.78, 5) is 11.8. The van der Waals surface area contributed by atoms with Gasteiger partial charge in [-0.1, -0.05) is 18.2 Å². The zero-order valence-corrected chi connectivity index (χ0v) is 11.0. The molecule has 1 aromatic carbocycles. The fraction of sp³-hybridized carbons (Fsp3) is 0.429. The third kappa shape index (κ3) is 2.33. The summed E-state index contributed by atoms with van der Waals surface area (Å²) < 4.78 is 1.84. The number of benzene rings is 1. The Labute approximate surface area is 111 Å². The third-order valence-corrected chi connectivity index (χ3v) is 3.66. The number of nitrogens with zero attached hydrogens (tertiary/aromatic N) is 2. The second-order valence-electron chi connectivity index (χ2n) is 5.48. The summed E-state index contributed by atoms with van der Waals surface area (Å²) in [5, 5.41) is 8.76. The molecule has 0 spiro atoms. The second kappa shape index (κ2) is 4.35. The number of carbonyl (C=O) groups is 1. The van der Waals surface area contributed by atoms with Gasteiger partial charge in [-0.2, -0.15) is 5.10 Å². The molecule has 3 N–H and O–H groups in total. The predicted molar refractivity (Wildman–Crippen MR) is 73.5 cm³/mol. The molecule has 1 aliphatic carbocycles. The molecular formula is C14H18N4O. The highest BCUT2D eigenvalue weighted by molar-refractivity contribution is 5.85. The van der Waals surface area contributed by atoms with Gasteiger partial charge in [0.25, 0.3) is 0 Å². The SMILES string of the molecule is CC(Cn1ncc2ccccc21)(NC1CC1)C(N)=O. The van der Waals surface area contributed by atoms with Gasteiger partial charge in [0, 0.05) is 11.4 Å². The Balaban J connectivity index is 1.90. The van der Waals surface area contributed by atoms with Gasteiger partial charge in [0.05, 0.1) is 18.3 Å². The molecule has 19 heavy (non-hydrogen) atoms. The van der Waals surface area contributed by atoms with E-state index in [1.165, 1.54) is 0 Å². The van der Waals surface area contributed by atoms with Crippen molar-refractivity contribution >= 4 is 16.8 Å². The lowest BCUT2D eigenvalue weighted by Gasteiger charge is -2.27. The molecule has 3 rings (SSSR count). The van der Waals surface area contributed by atoms with Gasteiger partial charge in [-0.3, -0.25) is 14.8 Å². The lowest BCUT2D eigenvalue weighted by atomic mass is 10.0. The van der Waals surface area contributed by atoms with E-state index in [0.717, 1.165) is 23.7 Å². The Morgan fingerprint density at radius 2 is 2.26 bits per heavy atom. The van der Waals surface area contributed by atoms with E-state index in [9.17, 15) is 4.79 Å². The lowest BCUT2D eigenvalue weighted by Crippen LogP contribution is -2.56. The van der Waals surface area contributed by atoms with Crippen LogP contribution in [-0.4, -0.2) is 27.3 Å². The number of aromatic nitrogens is 2. The lowest BCUT2D eigenvalue weighted by molar-refractivity contribution is -0.124. The minimum Gasteiger partial charge on any atom is -0.368 e. The molecule has 0 radical (unpaired) electrons.